The van der Waals surface area contributed by atoms with E-state index in [1.807, 2.05) is 0 Å². The molecule has 4 rings (SSSR count). The Hall–Kier alpha value is -3.89. The monoisotopic (exact) mass is 556 g/mol. The van der Waals surface area contributed by atoms with Crippen LogP contribution < -0.4 is 4.72 Å². The lowest BCUT2D eigenvalue weighted by atomic mass is 9.81. The Bertz CT molecular complexity index is 1580. The Morgan fingerprint density at radius 3 is 2.31 bits per heavy atom. The number of benzene rings is 2. The van der Waals surface area contributed by atoms with Crippen LogP contribution in [-0.2, 0) is 32.9 Å². The summed E-state index contributed by atoms with van der Waals surface area (Å²) < 4.78 is 82.6. The summed E-state index contributed by atoms with van der Waals surface area (Å²) in [7, 11) is -3.08. The van der Waals surface area contributed by atoms with E-state index in [-0.39, 0.29) is 29.2 Å². The van der Waals surface area contributed by atoms with Crippen molar-refractivity contribution in [2.24, 2.45) is 0 Å². The number of hydrogen-bond acceptors (Lipinski definition) is 5. The van der Waals surface area contributed by atoms with Crippen LogP contribution in [0.15, 0.2) is 95.1 Å². The van der Waals surface area contributed by atoms with Crippen molar-refractivity contribution >= 4 is 15.8 Å². The first kappa shape index (κ1) is 28.1. The Labute approximate surface area is 225 Å². The van der Waals surface area contributed by atoms with Gasteiger partial charge in [0.1, 0.15) is 17.1 Å². The van der Waals surface area contributed by atoms with Crippen LogP contribution in [0.4, 0.5) is 13.2 Å². The molecular weight excluding hydrogens is 529 g/mol. The molecule has 0 spiro atoms. The van der Waals surface area contributed by atoms with Gasteiger partial charge in [-0.3, -0.25) is 4.98 Å². The predicted octanol–water partition coefficient (Wildman–Crippen LogP) is 6.39. The van der Waals surface area contributed by atoms with Crippen LogP contribution in [0.2, 0.25) is 0 Å². The van der Waals surface area contributed by atoms with Crippen LogP contribution in [0.25, 0.3) is 5.76 Å². The molecule has 4 aromatic rings. The smallest absolute Gasteiger partial charge is 0.416 e. The minimum atomic E-state index is -4.65. The van der Waals surface area contributed by atoms with E-state index in [1.165, 1.54) is 31.5 Å². The highest BCUT2D eigenvalue weighted by Crippen LogP contribution is 2.38. The Morgan fingerprint density at radius 1 is 1.00 bits per heavy atom. The molecule has 204 valence electrons. The molecule has 2 aromatic heterocycles. The lowest BCUT2D eigenvalue weighted by Crippen LogP contribution is -2.49. The SMILES string of the molecule is C=C(OC)c1cc(S(=O)(=O)NC(Cc2ccccc2)(c2cccc(C(F)(F)F)c2)c2ccc(C)cn2)oc1C. The van der Waals surface area contributed by atoms with E-state index in [0.29, 0.717) is 11.1 Å². The highest BCUT2D eigenvalue weighted by atomic mass is 32.2. The van der Waals surface area contributed by atoms with Crippen molar-refractivity contribution in [2.75, 3.05) is 7.11 Å². The van der Waals surface area contributed by atoms with Gasteiger partial charge in [0.15, 0.2) is 0 Å². The highest BCUT2D eigenvalue weighted by molar-refractivity contribution is 7.89. The maximum Gasteiger partial charge on any atom is 0.416 e. The Balaban J connectivity index is 1.98. The quantitative estimate of drug-likeness (QED) is 0.242. The molecule has 2 heterocycles. The second kappa shape index (κ2) is 10.7. The fourth-order valence-corrected chi connectivity index (χ4v) is 5.69. The molecule has 6 nitrogen and oxygen atoms in total. The second-order valence-corrected chi connectivity index (χ2v) is 10.7. The van der Waals surface area contributed by atoms with Crippen LogP contribution >= 0.6 is 0 Å². The number of sulfonamides is 1. The molecule has 1 N–H and O–H groups in total. The van der Waals surface area contributed by atoms with E-state index in [9.17, 15) is 21.6 Å². The van der Waals surface area contributed by atoms with Gasteiger partial charge < -0.3 is 9.15 Å². The van der Waals surface area contributed by atoms with Crippen molar-refractivity contribution in [1.29, 1.82) is 0 Å². The van der Waals surface area contributed by atoms with Crippen LogP contribution in [-0.4, -0.2) is 20.5 Å². The minimum Gasteiger partial charge on any atom is -0.497 e. The van der Waals surface area contributed by atoms with E-state index >= 15 is 0 Å². The number of rotatable bonds is 9. The number of methoxy groups -OCH3 is 1. The van der Waals surface area contributed by atoms with Gasteiger partial charge in [0.2, 0.25) is 5.09 Å². The number of nitrogens with zero attached hydrogens (tertiary/aromatic N) is 1. The molecule has 0 aliphatic carbocycles. The molecule has 1 atom stereocenters. The number of hydrogen-bond donors (Lipinski definition) is 1. The number of aryl methyl sites for hydroxylation is 2. The first-order valence-corrected chi connectivity index (χ1v) is 13.4. The van der Waals surface area contributed by atoms with Gasteiger partial charge in [-0.05, 0) is 48.7 Å². The van der Waals surface area contributed by atoms with Crippen molar-refractivity contribution in [1.82, 2.24) is 9.71 Å². The van der Waals surface area contributed by atoms with E-state index in [4.69, 9.17) is 9.15 Å². The standard InChI is InChI=1S/C29H27F3N2O4S/c1-19-13-14-26(33-18-19)28(17-22-9-6-5-7-10-22,23-11-8-12-24(15-23)29(30,31)32)34-39(35,36)27-16-25(20(2)37-4)21(3)38-27/h5-16,18,34H,2,17H2,1,3-4H3. The summed E-state index contributed by atoms with van der Waals surface area (Å²) in [5.41, 5.74) is -0.576. The van der Waals surface area contributed by atoms with Gasteiger partial charge in [0, 0.05) is 18.7 Å². The van der Waals surface area contributed by atoms with E-state index in [0.717, 1.165) is 17.7 Å². The van der Waals surface area contributed by atoms with Gasteiger partial charge in [-0.2, -0.15) is 17.9 Å². The maximum atomic E-state index is 13.9. The zero-order valence-electron chi connectivity index (χ0n) is 21.5. The largest absolute Gasteiger partial charge is 0.497 e. The van der Waals surface area contributed by atoms with Crippen molar-refractivity contribution in [2.45, 2.75) is 37.1 Å². The zero-order chi connectivity index (χ0) is 28.4. The van der Waals surface area contributed by atoms with E-state index in [2.05, 4.69) is 16.3 Å². The number of furan rings is 1. The Morgan fingerprint density at radius 2 is 1.69 bits per heavy atom. The fraction of sp³-hybridized carbons (Fsp3) is 0.207. The third kappa shape index (κ3) is 5.91. The van der Waals surface area contributed by atoms with Gasteiger partial charge in [-0.15, -0.1) is 0 Å². The van der Waals surface area contributed by atoms with Gasteiger partial charge >= 0.3 is 6.18 Å². The van der Waals surface area contributed by atoms with E-state index < -0.39 is 32.4 Å². The third-order valence-corrected chi connectivity index (χ3v) is 7.71. The summed E-state index contributed by atoms with van der Waals surface area (Å²) in [6, 6.07) is 18.0. The average molecular weight is 557 g/mol. The maximum absolute atomic E-state index is 13.9. The molecule has 39 heavy (non-hydrogen) atoms. The lowest BCUT2D eigenvalue weighted by Gasteiger charge is -2.35. The molecule has 1 unspecified atom stereocenters. The number of ether oxygens (including phenoxy) is 1. The number of alkyl halides is 3. The summed E-state index contributed by atoms with van der Waals surface area (Å²) in [5, 5.41) is -0.440. The van der Waals surface area contributed by atoms with Crippen LogP contribution in [0.1, 0.15) is 39.3 Å². The summed E-state index contributed by atoms with van der Waals surface area (Å²) in [6.07, 6.45) is -3.15. The van der Waals surface area contributed by atoms with Crippen molar-refractivity contribution in [3.05, 3.63) is 125 Å². The summed E-state index contributed by atoms with van der Waals surface area (Å²) in [4.78, 5) is 4.48. The van der Waals surface area contributed by atoms with Crippen molar-refractivity contribution in [3.8, 4) is 0 Å². The van der Waals surface area contributed by atoms with Gasteiger partial charge in [0.05, 0.1) is 23.9 Å². The first-order chi connectivity index (χ1) is 18.4. The molecule has 0 radical (unpaired) electrons. The molecule has 0 bridgehead atoms. The normalized spacial score (nSPS) is 13.6. The first-order valence-electron chi connectivity index (χ1n) is 11.9. The molecule has 2 aromatic carbocycles. The second-order valence-electron chi connectivity index (χ2n) is 9.14. The molecule has 0 aliphatic heterocycles. The van der Waals surface area contributed by atoms with Gasteiger partial charge in [-0.25, -0.2) is 8.42 Å². The topological polar surface area (TPSA) is 81.4 Å². The van der Waals surface area contributed by atoms with Crippen LogP contribution in [0.3, 0.4) is 0 Å². The van der Waals surface area contributed by atoms with Gasteiger partial charge in [-0.1, -0.05) is 55.1 Å². The molecule has 0 aliphatic rings. The molecule has 0 saturated carbocycles. The minimum absolute atomic E-state index is 0.0399. The summed E-state index contributed by atoms with van der Waals surface area (Å²) in [5.74, 6) is 0.453. The average Bonchev–Trinajstić information content (AvgIpc) is 3.31. The zero-order valence-corrected chi connectivity index (χ0v) is 22.4. The third-order valence-electron chi connectivity index (χ3n) is 6.36. The van der Waals surface area contributed by atoms with Crippen molar-refractivity contribution < 1.29 is 30.7 Å². The van der Waals surface area contributed by atoms with Gasteiger partial charge in [0.25, 0.3) is 10.0 Å². The molecule has 10 heteroatoms. The molecule has 0 amide bonds. The van der Waals surface area contributed by atoms with Crippen LogP contribution in [0.5, 0.6) is 0 Å². The number of nitrogens with one attached hydrogen (secondary N) is 1. The number of aromatic nitrogens is 1. The summed E-state index contributed by atoms with van der Waals surface area (Å²) >= 11 is 0. The highest BCUT2D eigenvalue weighted by Gasteiger charge is 2.43. The molecule has 0 saturated heterocycles. The lowest BCUT2D eigenvalue weighted by molar-refractivity contribution is -0.137. The molecule has 0 fully saturated rings. The van der Waals surface area contributed by atoms with Crippen molar-refractivity contribution in [3.63, 3.8) is 0 Å². The Kier molecular flexibility index (Phi) is 7.72. The predicted molar refractivity (Wildman–Crippen MR) is 141 cm³/mol. The number of halogens is 3. The van der Waals surface area contributed by atoms with E-state index in [1.54, 1.807) is 56.3 Å². The van der Waals surface area contributed by atoms with Crippen LogP contribution in [0, 0.1) is 13.8 Å². The molecular formula is C29H27F3N2O4S. The number of pyridine rings is 1. The fourth-order valence-electron chi connectivity index (χ4n) is 4.32. The summed E-state index contributed by atoms with van der Waals surface area (Å²) in [6.45, 7) is 7.12.